The van der Waals surface area contributed by atoms with E-state index in [9.17, 15) is 4.79 Å². The molecule has 0 unspecified atom stereocenters. The molecule has 1 amide bonds. The molecule has 1 aliphatic rings. The summed E-state index contributed by atoms with van der Waals surface area (Å²) in [7, 11) is 0. The SMILES string of the molecule is CCCN(Cc1cccn1Cc1cccc(Cl)c1)C(=O)C1CCCCC1. The Morgan fingerprint density at radius 3 is 2.73 bits per heavy atom. The van der Waals surface area contributed by atoms with E-state index in [0.717, 1.165) is 37.4 Å². The third-order valence-corrected chi connectivity index (χ3v) is 5.51. The lowest BCUT2D eigenvalue weighted by Crippen LogP contribution is -2.37. The highest BCUT2D eigenvalue weighted by Crippen LogP contribution is 2.26. The van der Waals surface area contributed by atoms with Crippen LogP contribution in [0.3, 0.4) is 0 Å². The van der Waals surface area contributed by atoms with Gasteiger partial charge in [0.2, 0.25) is 5.91 Å². The topological polar surface area (TPSA) is 25.2 Å². The van der Waals surface area contributed by atoms with E-state index >= 15 is 0 Å². The second-order valence-corrected chi connectivity index (χ2v) is 7.79. The lowest BCUT2D eigenvalue weighted by molar-refractivity contribution is -0.137. The summed E-state index contributed by atoms with van der Waals surface area (Å²) >= 11 is 6.12. The van der Waals surface area contributed by atoms with Crippen LogP contribution in [0.15, 0.2) is 42.6 Å². The Hall–Kier alpha value is -1.74. The Labute approximate surface area is 162 Å². The van der Waals surface area contributed by atoms with Crippen LogP contribution in [-0.4, -0.2) is 21.9 Å². The van der Waals surface area contributed by atoms with Gasteiger partial charge in [-0.05, 0) is 49.1 Å². The first kappa shape index (κ1) is 19.0. The Morgan fingerprint density at radius 1 is 1.19 bits per heavy atom. The fourth-order valence-electron chi connectivity index (χ4n) is 3.92. The number of amides is 1. The molecule has 26 heavy (non-hydrogen) atoms. The summed E-state index contributed by atoms with van der Waals surface area (Å²) in [5, 5.41) is 0.760. The highest BCUT2D eigenvalue weighted by atomic mass is 35.5. The van der Waals surface area contributed by atoms with Crippen molar-refractivity contribution in [2.24, 2.45) is 5.92 Å². The van der Waals surface area contributed by atoms with Crippen molar-refractivity contribution >= 4 is 17.5 Å². The molecular weight excluding hydrogens is 344 g/mol. The van der Waals surface area contributed by atoms with Gasteiger partial charge in [0.05, 0.1) is 6.54 Å². The van der Waals surface area contributed by atoms with Crippen molar-refractivity contribution in [1.29, 1.82) is 0 Å². The van der Waals surface area contributed by atoms with E-state index in [1.807, 2.05) is 18.2 Å². The molecule has 1 fully saturated rings. The first-order chi connectivity index (χ1) is 12.7. The quantitative estimate of drug-likeness (QED) is 0.629. The van der Waals surface area contributed by atoms with Gasteiger partial charge in [-0.25, -0.2) is 0 Å². The van der Waals surface area contributed by atoms with Gasteiger partial charge >= 0.3 is 0 Å². The van der Waals surface area contributed by atoms with E-state index in [-0.39, 0.29) is 5.92 Å². The normalized spacial score (nSPS) is 15.2. The first-order valence-corrected chi connectivity index (χ1v) is 10.2. The summed E-state index contributed by atoms with van der Waals surface area (Å²) in [5.41, 5.74) is 2.36. The molecule has 1 aliphatic carbocycles. The lowest BCUT2D eigenvalue weighted by Gasteiger charge is -2.29. The number of hydrogen-bond acceptors (Lipinski definition) is 1. The minimum atomic E-state index is 0.228. The number of aromatic nitrogens is 1. The predicted molar refractivity (Wildman–Crippen MR) is 107 cm³/mol. The fraction of sp³-hybridized carbons (Fsp3) is 0.500. The van der Waals surface area contributed by atoms with Crippen molar-refractivity contribution in [3.05, 3.63) is 58.9 Å². The van der Waals surface area contributed by atoms with Gasteiger partial charge in [-0.15, -0.1) is 0 Å². The number of carbonyl (C=O) groups excluding carboxylic acids is 1. The molecule has 1 aromatic heterocycles. The van der Waals surface area contributed by atoms with Crippen molar-refractivity contribution in [2.75, 3.05) is 6.54 Å². The van der Waals surface area contributed by atoms with Crippen LogP contribution in [-0.2, 0) is 17.9 Å². The van der Waals surface area contributed by atoms with E-state index in [1.54, 1.807) is 0 Å². The van der Waals surface area contributed by atoms with Gasteiger partial charge in [-0.3, -0.25) is 4.79 Å². The van der Waals surface area contributed by atoms with Gasteiger partial charge in [0.15, 0.2) is 0 Å². The summed E-state index contributed by atoms with van der Waals surface area (Å²) in [4.78, 5) is 15.1. The Bertz CT molecular complexity index is 718. The molecule has 0 N–H and O–H groups in total. The van der Waals surface area contributed by atoms with Crippen molar-refractivity contribution in [3.8, 4) is 0 Å². The number of rotatable bonds is 7. The molecule has 0 aliphatic heterocycles. The third-order valence-electron chi connectivity index (χ3n) is 5.28. The van der Waals surface area contributed by atoms with E-state index in [4.69, 9.17) is 11.6 Å². The average Bonchev–Trinajstić information content (AvgIpc) is 3.08. The van der Waals surface area contributed by atoms with E-state index in [0.29, 0.717) is 12.5 Å². The number of nitrogens with zero attached hydrogens (tertiary/aromatic N) is 2. The Kier molecular flexibility index (Phi) is 6.79. The molecule has 4 heteroatoms. The van der Waals surface area contributed by atoms with Crippen LogP contribution in [0.2, 0.25) is 5.02 Å². The number of benzene rings is 1. The molecule has 3 rings (SSSR count). The molecular formula is C22H29ClN2O. The van der Waals surface area contributed by atoms with Gasteiger partial charge in [-0.2, -0.15) is 0 Å². The summed E-state index contributed by atoms with van der Waals surface area (Å²) in [6, 6.07) is 12.2. The molecule has 0 saturated heterocycles. The smallest absolute Gasteiger partial charge is 0.226 e. The summed E-state index contributed by atoms with van der Waals surface area (Å²) < 4.78 is 2.22. The summed E-state index contributed by atoms with van der Waals surface area (Å²) in [6.07, 6.45) is 8.87. The standard InChI is InChI=1S/C22H29ClN2O/c1-2-13-25(22(26)19-9-4-3-5-10-19)17-21-12-7-14-24(21)16-18-8-6-11-20(23)15-18/h6-8,11-12,14-15,19H,2-5,9-10,13,16-17H2,1H3. The molecule has 2 aromatic rings. The average molecular weight is 373 g/mol. The van der Waals surface area contributed by atoms with Gasteiger partial charge < -0.3 is 9.47 Å². The monoisotopic (exact) mass is 372 g/mol. The molecule has 1 saturated carbocycles. The molecule has 0 radical (unpaired) electrons. The fourth-order valence-corrected chi connectivity index (χ4v) is 4.13. The Balaban J connectivity index is 1.71. The van der Waals surface area contributed by atoms with Crippen molar-refractivity contribution in [2.45, 2.75) is 58.5 Å². The van der Waals surface area contributed by atoms with Crippen molar-refractivity contribution in [1.82, 2.24) is 9.47 Å². The highest BCUT2D eigenvalue weighted by Gasteiger charge is 2.26. The van der Waals surface area contributed by atoms with Gasteiger partial charge in [0, 0.05) is 35.9 Å². The number of halogens is 1. The van der Waals surface area contributed by atoms with Gasteiger partial charge in [-0.1, -0.05) is 49.9 Å². The second kappa shape index (κ2) is 9.27. The van der Waals surface area contributed by atoms with Crippen LogP contribution < -0.4 is 0 Å². The molecule has 0 bridgehead atoms. The molecule has 0 spiro atoms. The predicted octanol–water partition coefficient (Wildman–Crippen LogP) is 5.51. The van der Waals surface area contributed by atoms with Crippen LogP contribution in [0, 0.1) is 5.92 Å². The maximum Gasteiger partial charge on any atom is 0.226 e. The van der Waals surface area contributed by atoms with E-state index in [1.165, 1.54) is 30.5 Å². The third kappa shape index (κ3) is 4.91. The molecule has 1 aromatic carbocycles. The van der Waals surface area contributed by atoms with Gasteiger partial charge in [0.25, 0.3) is 0 Å². The largest absolute Gasteiger partial charge is 0.345 e. The molecule has 140 valence electrons. The highest BCUT2D eigenvalue weighted by molar-refractivity contribution is 6.30. The first-order valence-electron chi connectivity index (χ1n) is 9.84. The van der Waals surface area contributed by atoms with E-state index < -0.39 is 0 Å². The van der Waals surface area contributed by atoms with Crippen LogP contribution in [0.5, 0.6) is 0 Å². The van der Waals surface area contributed by atoms with E-state index in [2.05, 4.69) is 40.8 Å². The number of hydrogen-bond donors (Lipinski definition) is 0. The summed E-state index contributed by atoms with van der Waals surface area (Å²) in [5.74, 6) is 0.577. The maximum atomic E-state index is 13.0. The van der Waals surface area contributed by atoms with Crippen molar-refractivity contribution < 1.29 is 4.79 Å². The Morgan fingerprint density at radius 2 is 2.00 bits per heavy atom. The van der Waals surface area contributed by atoms with Crippen LogP contribution in [0.25, 0.3) is 0 Å². The van der Waals surface area contributed by atoms with Gasteiger partial charge in [0.1, 0.15) is 0 Å². The van der Waals surface area contributed by atoms with Crippen LogP contribution in [0.1, 0.15) is 56.7 Å². The van der Waals surface area contributed by atoms with Crippen LogP contribution >= 0.6 is 11.6 Å². The summed E-state index contributed by atoms with van der Waals surface area (Å²) in [6.45, 7) is 4.45. The zero-order valence-electron chi connectivity index (χ0n) is 15.7. The molecule has 0 atom stereocenters. The molecule has 3 nitrogen and oxygen atoms in total. The van der Waals surface area contributed by atoms with Crippen LogP contribution in [0.4, 0.5) is 0 Å². The zero-order valence-corrected chi connectivity index (χ0v) is 16.4. The second-order valence-electron chi connectivity index (χ2n) is 7.35. The maximum absolute atomic E-state index is 13.0. The van der Waals surface area contributed by atoms with Crippen molar-refractivity contribution in [3.63, 3.8) is 0 Å². The molecule has 1 heterocycles. The minimum Gasteiger partial charge on any atom is -0.345 e. The zero-order chi connectivity index (χ0) is 18.4. The lowest BCUT2D eigenvalue weighted by atomic mass is 9.88. The minimum absolute atomic E-state index is 0.228. The number of carbonyl (C=O) groups is 1.